The minimum Gasteiger partial charge on any atom is -0.317 e. The van der Waals surface area contributed by atoms with Crippen molar-refractivity contribution >= 4 is 0 Å². The van der Waals surface area contributed by atoms with Gasteiger partial charge in [0.05, 0.1) is 0 Å². The van der Waals surface area contributed by atoms with Crippen molar-refractivity contribution in [1.29, 1.82) is 0 Å². The normalized spacial score (nSPS) is 34.8. The summed E-state index contributed by atoms with van der Waals surface area (Å²) in [5.41, 5.74) is 0. The van der Waals surface area contributed by atoms with Crippen LogP contribution in [0.2, 0.25) is 0 Å². The number of rotatable bonds is 3. The molecule has 2 atom stereocenters. The molecule has 1 saturated carbocycles. The molecule has 1 N–H and O–H groups in total. The van der Waals surface area contributed by atoms with Crippen LogP contribution in [0.5, 0.6) is 0 Å². The fraction of sp³-hybridized carbons (Fsp3) is 1.00. The molecule has 0 aromatic carbocycles. The first kappa shape index (κ1) is 11.4. The summed E-state index contributed by atoms with van der Waals surface area (Å²) in [7, 11) is 2.10. The number of piperazine rings is 1. The van der Waals surface area contributed by atoms with Crippen molar-refractivity contribution in [3.63, 3.8) is 0 Å². The summed E-state index contributed by atoms with van der Waals surface area (Å²) in [4.78, 5) is 5.27. The Morgan fingerprint density at radius 3 is 2.40 bits per heavy atom. The maximum atomic E-state index is 3.42. The monoisotopic (exact) mass is 211 g/mol. The molecule has 0 spiro atoms. The fourth-order valence-corrected chi connectivity index (χ4v) is 3.00. The van der Waals surface area contributed by atoms with E-state index in [1.807, 2.05) is 0 Å². The quantitative estimate of drug-likeness (QED) is 0.744. The van der Waals surface area contributed by atoms with Crippen LogP contribution in [0.4, 0.5) is 0 Å². The van der Waals surface area contributed by atoms with Crippen LogP contribution in [-0.2, 0) is 0 Å². The summed E-state index contributed by atoms with van der Waals surface area (Å²) in [6.07, 6.45) is 4.13. The Morgan fingerprint density at radius 1 is 1.13 bits per heavy atom. The standard InChI is InChI=1S/C12H25N3/c1-3-14-6-8-15(9-7-14)12-5-4-11(10-12)13-2/h11-13H,3-10H2,1-2H3. The minimum absolute atomic E-state index is 0.777. The maximum absolute atomic E-state index is 3.42. The maximum Gasteiger partial charge on any atom is 0.0113 e. The smallest absolute Gasteiger partial charge is 0.0113 e. The van der Waals surface area contributed by atoms with Crippen LogP contribution in [0.15, 0.2) is 0 Å². The van der Waals surface area contributed by atoms with Crippen molar-refractivity contribution in [3.05, 3.63) is 0 Å². The Kier molecular flexibility index (Phi) is 4.00. The first-order chi connectivity index (χ1) is 7.33. The third kappa shape index (κ3) is 2.71. The number of likely N-dealkylation sites (N-methyl/N-ethyl adjacent to an activating group) is 1. The molecule has 15 heavy (non-hydrogen) atoms. The van der Waals surface area contributed by atoms with Gasteiger partial charge in [0.15, 0.2) is 0 Å². The Morgan fingerprint density at radius 2 is 1.87 bits per heavy atom. The van der Waals surface area contributed by atoms with Gasteiger partial charge in [-0.25, -0.2) is 0 Å². The molecule has 1 aliphatic heterocycles. The molecule has 1 heterocycles. The molecule has 1 aliphatic carbocycles. The Hall–Kier alpha value is -0.120. The number of hydrogen-bond donors (Lipinski definition) is 1. The van der Waals surface area contributed by atoms with Gasteiger partial charge >= 0.3 is 0 Å². The van der Waals surface area contributed by atoms with Crippen LogP contribution in [-0.4, -0.2) is 61.7 Å². The molecule has 2 rings (SSSR count). The lowest BCUT2D eigenvalue weighted by Crippen LogP contribution is -2.49. The lowest BCUT2D eigenvalue weighted by molar-refractivity contribution is 0.100. The predicted molar refractivity (Wildman–Crippen MR) is 64.2 cm³/mol. The van der Waals surface area contributed by atoms with Crippen LogP contribution in [0.1, 0.15) is 26.2 Å². The van der Waals surface area contributed by atoms with Crippen molar-refractivity contribution < 1.29 is 0 Å². The molecule has 0 amide bonds. The van der Waals surface area contributed by atoms with E-state index >= 15 is 0 Å². The molecule has 3 nitrogen and oxygen atoms in total. The molecule has 0 aromatic heterocycles. The Labute approximate surface area is 93.8 Å². The molecular weight excluding hydrogens is 186 g/mol. The highest BCUT2D eigenvalue weighted by atomic mass is 15.3. The first-order valence-electron chi connectivity index (χ1n) is 6.47. The van der Waals surface area contributed by atoms with Gasteiger partial charge in [-0.15, -0.1) is 0 Å². The predicted octanol–water partition coefficient (Wildman–Crippen LogP) is 0.764. The van der Waals surface area contributed by atoms with Crippen molar-refractivity contribution in [1.82, 2.24) is 15.1 Å². The fourth-order valence-electron chi connectivity index (χ4n) is 3.00. The highest BCUT2D eigenvalue weighted by Crippen LogP contribution is 2.24. The van der Waals surface area contributed by atoms with Gasteiger partial charge in [-0.1, -0.05) is 6.92 Å². The van der Waals surface area contributed by atoms with Crippen molar-refractivity contribution in [2.45, 2.75) is 38.3 Å². The van der Waals surface area contributed by atoms with Crippen molar-refractivity contribution in [2.75, 3.05) is 39.8 Å². The van der Waals surface area contributed by atoms with E-state index in [1.165, 1.54) is 52.0 Å². The van der Waals surface area contributed by atoms with E-state index in [-0.39, 0.29) is 0 Å². The Balaban J connectivity index is 1.76. The summed E-state index contributed by atoms with van der Waals surface area (Å²) in [5, 5.41) is 3.42. The zero-order valence-corrected chi connectivity index (χ0v) is 10.2. The van der Waals surface area contributed by atoms with E-state index < -0.39 is 0 Å². The van der Waals surface area contributed by atoms with E-state index in [0.717, 1.165) is 12.1 Å². The van der Waals surface area contributed by atoms with E-state index in [1.54, 1.807) is 0 Å². The topological polar surface area (TPSA) is 18.5 Å². The van der Waals surface area contributed by atoms with Crippen LogP contribution < -0.4 is 5.32 Å². The second-order valence-electron chi connectivity index (χ2n) is 4.92. The van der Waals surface area contributed by atoms with E-state index in [2.05, 4.69) is 29.1 Å². The average Bonchev–Trinajstić information content (AvgIpc) is 2.78. The highest BCUT2D eigenvalue weighted by molar-refractivity contribution is 4.88. The minimum atomic E-state index is 0.777. The molecule has 2 unspecified atom stereocenters. The van der Waals surface area contributed by atoms with Gasteiger partial charge in [0.25, 0.3) is 0 Å². The van der Waals surface area contributed by atoms with Crippen LogP contribution in [0.3, 0.4) is 0 Å². The molecular formula is C12H25N3. The molecule has 3 heteroatoms. The molecule has 0 aromatic rings. The molecule has 2 fully saturated rings. The van der Waals surface area contributed by atoms with Crippen molar-refractivity contribution in [2.24, 2.45) is 0 Å². The zero-order valence-electron chi connectivity index (χ0n) is 10.2. The summed E-state index contributed by atoms with van der Waals surface area (Å²) in [6.45, 7) is 8.61. The van der Waals surface area contributed by atoms with Crippen LogP contribution in [0.25, 0.3) is 0 Å². The summed E-state index contributed by atoms with van der Waals surface area (Å²) < 4.78 is 0. The number of nitrogens with zero attached hydrogens (tertiary/aromatic N) is 2. The zero-order chi connectivity index (χ0) is 10.7. The third-order valence-corrected chi connectivity index (χ3v) is 4.18. The summed E-state index contributed by atoms with van der Waals surface area (Å²) in [5.74, 6) is 0. The summed E-state index contributed by atoms with van der Waals surface area (Å²) >= 11 is 0. The molecule has 0 radical (unpaired) electrons. The number of hydrogen-bond acceptors (Lipinski definition) is 3. The second-order valence-corrected chi connectivity index (χ2v) is 4.92. The van der Waals surface area contributed by atoms with Crippen molar-refractivity contribution in [3.8, 4) is 0 Å². The largest absolute Gasteiger partial charge is 0.317 e. The van der Waals surface area contributed by atoms with Gasteiger partial charge < -0.3 is 10.2 Å². The Bertz CT molecular complexity index is 187. The van der Waals surface area contributed by atoms with Gasteiger partial charge in [0, 0.05) is 38.3 Å². The van der Waals surface area contributed by atoms with Gasteiger partial charge in [-0.3, -0.25) is 4.90 Å². The lowest BCUT2D eigenvalue weighted by Gasteiger charge is -2.37. The molecule has 88 valence electrons. The molecule has 2 aliphatic rings. The number of nitrogens with one attached hydrogen (secondary N) is 1. The van der Waals surface area contributed by atoms with Crippen LogP contribution >= 0.6 is 0 Å². The van der Waals surface area contributed by atoms with E-state index in [4.69, 9.17) is 0 Å². The van der Waals surface area contributed by atoms with Gasteiger partial charge in [-0.05, 0) is 32.9 Å². The van der Waals surface area contributed by atoms with Gasteiger partial charge in [0.1, 0.15) is 0 Å². The van der Waals surface area contributed by atoms with Gasteiger partial charge in [-0.2, -0.15) is 0 Å². The summed E-state index contributed by atoms with van der Waals surface area (Å²) in [6, 6.07) is 1.64. The molecule has 1 saturated heterocycles. The second kappa shape index (κ2) is 5.28. The lowest BCUT2D eigenvalue weighted by atomic mass is 10.1. The molecule has 0 bridgehead atoms. The SMILES string of the molecule is CCN1CCN(C2CCC(NC)C2)CC1. The average molecular weight is 211 g/mol. The first-order valence-corrected chi connectivity index (χ1v) is 6.47. The van der Waals surface area contributed by atoms with Crippen LogP contribution in [0, 0.1) is 0 Å². The third-order valence-electron chi connectivity index (χ3n) is 4.18. The van der Waals surface area contributed by atoms with E-state index in [9.17, 15) is 0 Å². The highest BCUT2D eigenvalue weighted by Gasteiger charge is 2.29. The van der Waals surface area contributed by atoms with E-state index in [0.29, 0.717) is 0 Å². The van der Waals surface area contributed by atoms with Gasteiger partial charge in [0.2, 0.25) is 0 Å².